The molecule has 82 valence electrons. The van der Waals surface area contributed by atoms with E-state index in [1.165, 1.54) is 0 Å². The smallest absolute Gasteiger partial charge is 0.137 e. The van der Waals surface area contributed by atoms with Crippen LogP contribution in [-0.2, 0) is 0 Å². The van der Waals surface area contributed by atoms with Gasteiger partial charge in [0.1, 0.15) is 16.8 Å². The van der Waals surface area contributed by atoms with Crippen LogP contribution in [0.5, 0.6) is 0 Å². The monoisotopic (exact) mass is 225 g/mol. The molecule has 1 rings (SSSR count). The lowest BCUT2D eigenvalue weighted by atomic mass is 10.2. The van der Waals surface area contributed by atoms with Crippen molar-refractivity contribution in [3.8, 4) is 0 Å². The molecule has 0 unspecified atom stereocenters. The first-order valence-corrected chi connectivity index (χ1v) is 5.32. The Bertz CT molecular complexity index is 361. The number of halogens is 1. The van der Waals surface area contributed by atoms with E-state index in [4.69, 9.17) is 11.6 Å². The first-order valence-electron chi connectivity index (χ1n) is 4.95. The second-order valence-corrected chi connectivity index (χ2v) is 4.03. The number of nitrogens with one attached hydrogen (secondary N) is 1. The fourth-order valence-corrected chi connectivity index (χ4v) is 1.28. The highest BCUT2D eigenvalue weighted by molar-refractivity contribution is 6.30. The second-order valence-electron chi connectivity index (χ2n) is 3.67. The fourth-order valence-electron chi connectivity index (χ4n) is 1.10. The zero-order chi connectivity index (χ0) is 11.4. The molecule has 0 aliphatic heterocycles. The zero-order valence-corrected chi connectivity index (χ0v) is 10.1. The number of hydrogen-bond acceptors (Lipinski definition) is 3. The van der Waals surface area contributed by atoms with Crippen molar-refractivity contribution in [1.82, 2.24) is 9.97 Å². The van der Waals surface area contributed by atoms with E-state index in [1.54, 1.807) is 6.08 Å². The van der Waals surface area contributed by atoms with Gasteiger partial charge in [-0.25, -0.2) is 9.97 Å². The highest BCUT2D eigenvalue weighted by atomic mass is 35.5. The van der Waals surface area contributed by atoms with E-state index in [-0.39, 0.29) is 5.92 Å². The van der Waals surface area contributed by atoms with E-state index in [9.17, 15) is 0 Å². The van der Waals surface area contributed by atoms with Gasteiger partial charge in [-0.15, -0.1) is 6.58 Å². The average Bonchev–Trinajstić information content (AvgIpc) is 2.19. The summed E-state index contributed by atoms with van der Waals surface area (Å²) in [6.07, 6.45) is 1.78. The number of aromatic nitrogens is 2. The summed E-state index contributed by atoms with van der Waals surface area (Å²) in [4.78, 5) is 8.65. The molecule has 0 aliphatic carbocycles. The topological polar surface area (TPSA) is 37.8 Å². The van der Waals surface area contributed by atoms with Crippen LogP contribution in [0.3, 0.4) is 0 Å². The second kappa shape index (κ2) is 5.12. The largest absolute Gasteiger partial charge is 0.366 e. The Morgan fingerprint density at radius 2 is 2.13 bits per heavy atom. The van der Waals surface area contributed by atoms with Crippen molar-refractivity contribution in [2.75, 3.05) is 11.9 Å². The van der Waals surface area contributed by atoms with Gasteiger partial charge in [0.25, 0.3) is 0 Å². The Labute approximate surface area is 95.6 Å². The van der Waals surface area contributed by atoms with Crippen molar-refractivity contribution >= 4 is 17.4 Å². The molecule has 0 aliphatic rings. The van der Waals surface area contributed by atoms with Crippen LogP contribution in [0.4, 0.5) is 5.82 Å². The summed E-state index contributed by atoms with van der Waals surface area (Å²) in [6, 6.07) is 0. The molecule has 0 fully saturated rings. The normalized spacial score (nSPS) is 10.5. The number of rotatable bonds is 4. The van der Waals surface area contributed by atoms with Gasteiger partial charge in [-0.05, 0) is 6.92 Å². The van der Waals surface area contributed by atoms with Crippen LogP contribution in [-0.4, -0.2) is 16.5 Å². The van der Waals surface area contributed by atoms with Crippen molar-refractivity contribution in [3.63, 3.8) is 0 Å². The van der Waals surface area contributed by atoms with Gasteiger partial charge in [-0.3, -0.25) is 0 Å². The van der Waals surface area contributed by atoms with Crippen molar-refractivity contribution in [2.24, 2.45) is 0 Å². The molecule has 0 amide bonds. The summed E-state index contributed by atoms with van der Waals surface area (Å²) < 4.78 is 0. The van der Waals surface area contributed by atoms with E-state index in [2.05, 4.69) is 21.9 Å². The van der Waals surface area contributed by atoms with E-state index in [0.717, 1.165) is 17.2 Å². The van der Waals surface area contributed by atoms with Gasteiger partial charge < -0.3 is 5.32 Å². The predicted molar refractivity (Wildman–Crippen MR) is 64.6 cm³/mol. The molecule has 0 bridgehead atoms. The molecule has 0 atom stereocenters. The van der Waals surface area contributed by atoms with Crippen molar-refractivity contribution in [1.29, 1.82) is 0 Å². The minimum atomic E-state index is 0.271. The molecular formula is C11H16ClN3. The molecule has 0 aromatic carbocycles. The maximum Gasteiger partial charge on any atom is 0.137 e. The summed E-state index contributed by atoms with van der Waals surface area (Å²) in [5.74, 6) is 1.82. The standard InChI is InChI=1S/C11H16ClN3/c1-5-6-13-11-8(4)9(12)14-10(15-11)7(2)3/h5,7H,1,6H2,2-4H3,(H,13,14,15). The first-order chi connectivity index (χ1) is 7.06. The van der Waals surface area contributed by atoms with Gasteiger partial charge in [0.2, 0.25) is 0 Å². The highest BCUT2D eigenvalue weighted by Gasteiger charge is 2.10. The highest BCUT2D eigenvalue weighted by Crippen LogP contribution is 2.22. The minimum Gasteiger partial charge on any atom is -0.366 e. The third-order valence-electron chi connectivity index (χ3n) is 2.03. The zero-order valence-electron chi connectivity index (χ0n) is 9.34. The lowest BCUT2D eigenvalue weighted by molar-refractivity contribution is 0.772. The van der Waals surface area contributed by atoms with Crippen molar-refractivity contribution in [2.45, 2.75) is 26.7 Å². The van der Waals surface area contributed by atoms with Gasteiger partial charge >= 0.3 is 0 Å². The lowest BCUT2D eigenvalue weighted by Gasteiger charge is -2.11. The first kappa shape index (κ1) is 12.0. The third kappa shape index (κ3) is 2.93. The van der Waals surface area contributed by atoms with Crippen LogP contribution >= 0.6 is 11.6 Å². The molecule has 1 aromatic heterocycles. The Balaban J connectivity index is 3.07. The molecule has 0 spiro atoms. The Morgan fingerprint density at radius 1 is 1.47 bits per heavy atom. The number of anilines is 1. The van der Waals surface area contributed by atoms with Crippen molar-refractivity contribution in [3.05, 3.63) is 29.2 Å². The molecule has 3 nitrogen and oxygen atoms in total. The van der Waals surface area contributed by atoms with E-state index < -0.39 is 0 Å². The quantitative estimate of drug-likeness (QED) is 0.632. The van der Waals surface area contributed by atoms with Gasteiger partial charge in [-0.2, -0.15) is 0 Å². The van der Waals surface area contributed by atoms with Gasteiger partial charge in [0.15, 0.2) is 0 Å². The summed E-state index contributed by atoms with van der Waals surface area (Å²) in [6.45, 7) is 10.3. The fraction of sp³-hybridized carbons (Fsp3) is 0.455. The Hall–Kier alpha value is -1.09. The SMILES string of the molecule is C=CCNc1nc(C(C)C)nc(Cl)c1C. The number of hydrogen-bond donors (Lipinski definition) is 1. The van der Waals surface area contributed by atoms with Crippen molar-refractivity contribution < 1.29 is 0 Å². The Kier molecular flexibility index (Phi) is 4.09. The molecule has 0 saturated heterocycles. The summed E-state index contributed by atoms with van der Waals surface area (Å²) in [5.41, 5.74) is 0.878. The van der Waals surface area contributed by atoms with E-state index >= 15 is 0 Å². The molecule has 1 N–H and O–H groups in total. The lowest BCUT2D eigenvalue weighted by Crippen LogP contribution is -2.07. The van der Waals surface area contributed by atoms with Crippen LogP contribution in [0.1, 0.15) is 31.2 Å². The molecule has 1 heterocycles. The maximum atomic E-state index is 6.03. The molecular weight excluding hydrogens is 210 g/mol. The molecule has 0 saturated carbocycles. The van der Waals surface area contributed by atoms with Crippen LogP contribution in [0, 0.1) is 6.92 Å². The third-order valence-corrected chi connectivity index (χ3v) is 2.40. The van der Waals surface area contributed by atoms with Gasteiger partial charge in [0.05, 0.1) is 0 Å². The minimum absolute atomic E-state index is 0.271. The summed E-state index contributed by atoms with van der Waals surface area (Å²) in [5, 5.41) is 3.66. The van der Waals surface area contributed by atoms with Crippen LogP contribution in [0.2, 0.25) is 5.15 Å². The molecule has 4 heteroatoms. The van der Waals surface area contributed by atoms with Crippen LogP contribution in [0.15, 0.2) is 12.7 Å². The van der Waals surface area contributed by atoms with Crippen LogP contribution in [0.25, 0.3) is 0 Å². The molecule has 15 heavy (non-hydrogen) atoms. The number of nitrogens with zero attached hydrogens (tertiary/aromatic N) is 2. The maximum absolute atomic E-state index is 6.03. The molecule has 1 aromatic rings. The van der Waals surface area contributed by atoms with E-state index in [0.29, 0.717) is 11.7 Å². The summed E-state index contributed by atoms with van der Waals surface area (Å²) in [7, 11) is 0. The van der Waals surface area contributed by atoms with Gasteiger partial charge in [-0.1, -0.05) is 31.5 Å². The predicted octanol–water partition coefficient (Wildman–Crippen LogP) is 3.16. The Morgan fingerprint density at radius 3 is 2.67 bits per heavy atom. The van der Waals surface area contributed by atoms with E-state index in [1.807, 2.05) is 20.8 Å². The van der Waals surface area contributed by atoms with Crippen LogP contribution < -0.4 is 5.32 Å². The molecule has 0 radical (unpaired) electrons. The summed E-state index contributed by atoms with van der Waals surface area (Å²) >= 11 is 6.03. The van der Waals surface area contributed by atoms with Gasteiger partial charge in [0, 0.05) is 18.0 Å². The average molecular weight is 226 g/mol.